The Bertz CT molecular complexity index is 454. The highest BCUT2D eigenvalue weighted by molar-refractivity contribution is 5.96. The molecule has 0 saturated carbocycles. The summed E-state index contributed by atoms with van der Waals surface area (Å²) in [5.41, 5.74) is 2.73. The van der Waals surface area contributed by atoms with Crippen molar-refractivity contribution in [3.05, 3.63) is 34.9 Å². The van der Waals surface area contributed by atoms with Gasteiger partial charge in [0.05, 0.1) is 6.61 Å². The summed E-state index contributed by atoms with van der Waals surface area (Å²) in [5.74, 6) is -0.687. The molecule has 0 fully saturated rings. The number of rotatable bonds is 4. The van der Waals surface area contributed by atoms with Gasteiger partial charge in [-0.15, -0.1) is 0 Å². The van der Waals surface area contributed by atoms with Crippen LogP contribution in [0.1, 0.15) is 35.3 Å². The van der Waals surface area contributed by atoms with Gasteiger partial charge in [-0.05, 0) is 51.0 Å². The lowest BCUT2D eigenvalue weighted by molar-refractivity contribution is -0.144. The third-order valence-electron chi connectivity index (χ3n) is 2.76. The largest absolute Gasteiger partial charge is 0.464 e. The molecule has 1 aromatic rings. The molecule has 0 radical (unpaired) electrons. The number of hydrogen-bond donors (Lipinski definition) is 1. The second kappa shape index (κ2) is 6.19. The van der Waals surface area contributed by atoms with E-state index in [1.807, 2.05) is 26.0 Å². The maximum Gasteiger partial charge on any atom is 0.328 e. The van der Waals surface area contributed by atoms with E-state index >= 15 is 0 Å². The van der Waals surface area contributed by atoms with Crippen LogP contribution in [0, 0.1) is 13.8 Å². The van der Waals surface area contributed by atoms with Gasteiger partial charge in [0.1, 0.15) is 6.04 Å². The van der Waals surface area contributed by atoms with Gasteiger partial charge in [-0.3, -0.25) is 4.79 Å². The Kier molecular flexibility index (Phi) is 4.89. The monoisotopic (exact) mass is 249 g/mol. The molecule has 1 N–H and O–H groups in total. The van der Waals surface area contributed by atoms with Crippen molar-refractivity contribution in [1.29, 1.82) is 0 Å². The fourth-order valence-electron chi connectivity index (χ4n) is 1.49. The number of nitrogens with one attached hydrogen (secondary N) is 1. The quantitative estimate of drug-likeness (QED) is 0.830. The minimum absolute atomic E-state index is 0.265. The minimum Gasteiger partial charge on any atom is -0.464 e. The second-order valence-electron chi connectivity index (χ2n) is 4.25. The number of benzene rings is 1. The maximum atomic E-state index is 11.9. The zero-order chi connectivity index (χ0) is 13.7. The summed E-state index contributed by atoms with van der Waals surface area (Å²) in [5, 5.41) is 2.61. The first-order valence-electron chi connectivity index (χ1n) is 6.00. The first-order chi connectivity index (χ1) is 8.45. The second-order valence-corrected chi connectivity index (χ2v) is 4.25. The number of hydrogen-bond acceptors (Lipinski definition) is 3. The predicted octanol–water partition coefficient (Wildman–Crippen LogP) is 1.98. The Morgan fingerprint density at radius 2 is 1.94 bits per heavy atom. The third kappa shape index (κ3) is 3.58. The number of amides is 1. The summed E-state index contributed by atoms with van der Waals surface area (Å²) in [4.78, 5) is 23.3. The molecule has 0 aromatic heterocycles. The highest BCUT2D eigenvalue weighted by Crippen LogP contribution is 2.09. The van der Waals surface area contributed by atoms with E-state index in [-0.39, 0.29) is 5.91 Å². The van der Waals surface area contributed by atoms with Crippen molar-refractivity contribution in [3.63, 3.8) is 0 Å². The third-order valence-corrected chi connectivity index (χ3v) is 2.76. The van der Waals surface area contributed by atoms with Crippen molar-refractivity contribution >= 4 is 11.9 Å². The molecular weight excluding hydrogens is 230 g/mol. The fraction of sp³-hybridized carbons (Fsp3) is 0.429. The Labute approximate surface area is 107 Å². The maximum absolute atomic E-state index is 11.9. The van der Waals surface area contributed by atoms with E-state index in [0.717, 1.165) is 11.1 Å². The minimum atomic E-state index is -0.640. The number of carbonyl (C=O) groups is 2. The van der Waals surface area contributed by atoms with Gasteiger partial charge in [0.15, 0.2) is 0 Å². The number of esters is 1. The lowest BCUT2D eigenvalue weighted by Gasteiger charge is -2.13. The molecule has 1 amide bonds. The summed E-state index contributed by atoms with van der Waals surface area (Å²) in [6.07, 6.45) is 0. The van der Waals surface area contributed by atoms with Crippen molar-refractivity contribution in [2.45, 2.75) is 33.7 Å². The van der Waals surface area contributed by atoms with E-state index < -0.39 is 12.0 Å². The highest BCUT2D eigenvalue weighted by Gasteiger charge is 2.17. The molecule has 1 rings (SSSR count). The summed E-state index contributed by atoms with van der Waals surface area (Å²) >= 11 is 0. The molecule has 0 aliphatic rings. The van der Waals surface area contributed by atoms with Crippen LogP contribution in [-0.4, -0.2) is 24.5 Å². The molecule has 4 nitrogen and oxygen atoms in total. The summed E-state index contributed by atoms with van der Waals surface area (Å²) in [7, 11) is 0. The van der Waals surface area contributed by atoms with Gasteiger partial charge in [-0.1, -0.05) is 6.07 Å². The SMILES string of the molecule is CCOC(=O)C(C)NC(=O)c1ccc(C)c(C)c1. The first-order valence-corrected chi connectivity index (χ1v) is 6.00. The predicted molar refractivity (Wildman–Crippen MR) is 69.5 cm³/mol. The standard InChI is InChI=1S/C14H19NO3/c1-5-18-14(17)11(4)15-13(16)12-7-6-9(2)10(3)8-12/h6-8,11H,5H2,1-4H3,(H,15,16). The molecule has 1 unspecified atom stereocenters. The van der Waals surface area contributed by atoms with Crippen LogP contribution in [0.15, 0.2) is 18.2 Å². The summed E-state index contributed by atoms with van der Waals surface area (Å²) in [6, 6.07) is 4.80. The van der Waals surface area contributed by atoms with Crippen molar-refractivity contribution in [2.24, 2.45) is 0 Å². The molecule has 98 valence electrons. The Morgan fingerprint density at radius 3 is 2.50 bits per heavy atom. The lowest BCUT2D eigenvalue weighted by atomic mass is 10.1. The van der Waals surface area contributed by atoms with Crippen molar-refractivity contribution in [3.8, 4) is 0 Å². The Morgan fingerprint density at radius 1 is 1.28 bits per heavy atom. The highest BCUT2D eigenvalue weighted by atomic mass is 16.5. The molecule has 0 spiro atoms. The van der Waals surface area contributed by atoms with Gasteiger partial charge in [0.25, 0.3) is 5.91 Å². The summed E-state index contributed by atoms with van der Waals surface area (Å²) in [6.45, 7) is 7.58. The van der Waals surface area contributed by atoms with E-state index in [0.29, 0.717) is 12.2 Å². The van der Waals surface area contributed by atoms with Gasteiger partial charge in [0.2, 0.25) is 0 Å². The smallest absolute Gasteiger partial charge is 0.328 e. The molecule has 0 saturated heterocycles. The van der Waals surface area contributed by atoms with Crippen LogP contribution in [0.2, 0.25) is 0 Å². The van der Waals surface area contributed by atoms with Gasteiger partial charge in [0, 0.05) is 5.56 Å². The van der Waals surface area contributed by atoms with Crippen LogP contribution in [0.4, 0.5) is 0 Å². The van der Waals surface area contributed by atoms with E-state index in [4.69, 9.17) is 4.74 Å². The zero-order valence-corrected chi connectivity index (χ0v) is 11.2. The van der Waals surface area contributed by atoms with Gasteiger partial charge >= 0.3 is 5.97 Å². The van der Waals surface area contributed by atoms with E-state index in [9.17, 15) is 9.59 Å². The topological polar surface area (TPSA) is 55.4 Å². The van der Waals surface area contributed by atoms with Crippen LogP contribution in [0.25, 0.3) is 0 Å². The molecule has 0 heterocycles. The lowest BCUT2D eigenvalue weighted by Crippen LogP contribution is -2.39. The molecule has 0 aliphatic carbocycles. The fourth-order valence-corrected chi connectivity index (χ4v) is 1.49. The average Bonchev–Trinajstić information content (AvgIpc) is 2.32. The molecule has 18 heavy (non-hydrogen) atoms. The van der Waals surface area contributed by atoms with Gasteiger partial charge < -0.3 is 10.1 Å². The first kappa shape index (κ1) is 14.2. The van der Waals surface area contributed by atoms with Crippen LogP contribution < -0.4 is 5.32 Å². The molecular formula is C14H19NO3. The number of ether oxygens (including phenoxy) is 1. The molecule has 1 atom stereocenters. The molecule has 0 bridgehead atoms. The van der Waals surface area contributed by atoms with Crippen LogP contribution in [0.3, 0.4) is 0 Å². The zero-order valence-electron chi connectivity index (χ0n) is 11.2. The van der Waals surface area contributed by atoms with Crippen LogP contribution in [0.5, 0.6) is 0 Å². The van der Waals surface area contributed by atoms with Crippen LogP contribution >= 0.6 is 0 Å². The number of aryl methyl sites for hydroxylation is 2. The summed E-state index contributed by atoms with van der Waals surface area (Å²) < 4.78 is 4.83. The van der Waals surface area contributed by atoms with Gasteiger partial charge in [-0.2, -0.15) is 0 Å². The van der Waals surface area contributed by atoms with Crippen molar-refractivity contribution in [2.75, 3.05) is 6.61 Å². The van der Waals surface area contributed by atoms with Crippen LogP contribution in [-0.2, 0) is 9.53 Å². The Balaban J connectivity index is 2.70. The average molecular weight is 249 g/mol. The van der Waals surface area contributed by atoms with E-state index in [1.165, 1.54) is 0 Å². The molecule has 0 aliphatic heterocycles. The van der Waals surface area contributed by atoms with E-state index in [1.54, 1.807) is 19.9 Å². The normalized spacial score (nSPS) is 11.8. The molecule has 4 heteroatoms. The van der Waals surface area contributed by atoms with Gasteiger partial charge in [-0.25, -0.2) is 4.79 Å². The number of carbonyl (C=O) groups excluding carboxylic acids is 2. The van der Waals surface area contributed by atoms with Crippen molar-refractivity contribution < 1.29 is 14.3 Å². The van der Waals surface area contributed by atoms with Crippen molar-refractivity contribution in [1.82, 2.24) is 5.32 Å². The van der Waals surface area contributed by atoms with E-state index in [2.05, 4.69) is 5.32 Å². The Hall–Kier alpha value is -1.84. The molecule has 1 aromatic carbocycles.